The van der Waals surface area contributed by atoms with Crippen LogP contribution in [0.2, 0.25) is 0 Å². The number of carbonyl (C=O) groups excluding carboxylic acids is 3. The summed E-state index contributed by atoms with van der Waals surface area (Å²) in [5.41, 5.74) is 4.78. The largest absolute Gasteiger partial charge is 0.352 e. The van der Waals surface area contributed by atoms with E-state index in [0.29, 0.717) is 19.4 Å². The number of primary amides is 1. The van der Waals surface area contributed by atoms with Crippen molar-refractivity contribution in [2.75, 3.05) is 6.54 Å². The smallest absolute Gasteiger partial charge is 0.312 e. The molecular formula is C16H32N4O3. The molecule has 23 heavy (non-hydrogen) atoms. The molecular weight excluding hydrogens is 296 g/mol. The monoisotopic (exact) mass is 328 g/mol. The zero-order valence-electron chi connectivity index (χ0n) is 15.2. The van der Waals surface area contributed by atoms with Crippen molar-refractivity contribution in [1.29, 1.82) is 0 Å². The lowest BCUT2D eigenvalue weighted by Crippen LogP contribution is -2.56. The predicted octanol–water partition coefficient (Wildman–Crippen LogP) is 0.921. The average Bonchev–Trinajstić information content (AvgIpc) is 2.37. The molecule has 2 atom stereocenters. The molecule has 0 saturated heterocycles. The fraction of sp³-hybridized carbons (Fsp3) is 0.812. The SMILES string of the molecule is CC(=O)C(CCCNC(N)=O)NC(=O)C(NC(C)(C)C)C(C)C. The summed E-state index contributed by atoms with van der Waals surface area (Å²) in [6.45, 7) is 11.7. The third-order valence-corrected chi connectivity index (χ3v) is 3.31. The normalized spacial score (nSPS) is 14.2. The zero-order chi connectivity index (χ0) is 18.2. The molecule has 0 saturated carbocycles. The van der Waals surface area contributed by atoms with Crippen LogP contribution in [0.5, 0.6) is 0 Å². The number of Topliss-reactive ketones (excluding diaryl/α,β-unsaturated/α-hetero) is 1. The zero-order valence-corrected chi connectivity index (χ0v) is 15.2. The van der Waals surface area contributed by atoms with Gasteiger partial charge in [-0.15, -0.1) is 0 Å². The third-order valence-electron chi connectivity index (χ3n) is 3.31. The molecule has 134 valence electrons. The van der Waals surface area contributed by atoms with Gasteiger partial charge in [-0.05, 0) is 46.5 Å². The lowest BCUT2D eigenvalue weighted by molar-refractivity contribution is -0.129. The lowest BCUT2D eigenvalue weighted by atomic mass is 9.97. The van der Waals surface area contributed by atoms with Crippen LogP contribution < -0.4 is 21.7 Å². The highest BCUT2D eigenvalue weighted by Gasteiger charge is 2.28. The van der Waals surface area contributed by atoms with Crippen molar-refractivity contribution in [2.45, 2.75) is 72.0 Å². The number of carbonyl (C=O) groups is 3. The maximum atomic E-state index is 12.5. The van der Waals surface area contributed by atoms with E-state index in [2.05, 4.69) is 16.0 Å². The summed E-state index contributed by atoms with van der Waals surface area (Å²) in [5, 5.41) is 8.57. The van der Waals surface area contributed by atoms with Crippen molar-refractivity contribution >= 4 is 17.7 Å². The molecule has 7 nitrogen and oxygen atoms in total. The minimum Gasteiger partial charge on any atom is -0.352 e. The summed E-state index contributed by atoms with van der Waals surface area (Å²) in [5.74, 6) is -0.188. The molecule has 0 radical (unpaired) electrons. The topological polar surface area (TPSA) is 113 Å². The number of nitrogens with two attached hydrogens (primary N) is 1. The highest BCUT2D eigenvalue weighted by Crippen LogP contribution is 2.10. The second kappa shape index (κ2) is 9.50. The number of rotatable bonds is 9. The molecule has 0 aliphatic carbocycles. The number of amides is 3. The van der Waals surface area contributed by atoms with Crippen LogP contribution >= 0.6 is 0 Å². The maximum Gasteiger partial charge on any atom is 0.312 e. The number of ketones is 1. The third kappa shape index (κ3) is 9.89. The van der Waals surface area contributed by atoms with E-state index in [0.717, 1.165) is 0 Å². The van der Waals surface area contributed by atoms with Crippen molar-refractivity contribution in [3.63, 3.8) is 0 Å². The molecule has 0 spiro atoms. The maximum absolute atomic E-state index is 12.5. The fourth-order valence-electron chi connectivity index (χ4n) is 2.16. The molecule has 0 aromatic rings. The number of urea groups is 1. The van der Waals surface area contributed by atoms with Gasteiger partial charge in [0, 0.05) is 12.1 Å². The Hall–Kier alpha value is -1.63. The second-order valence-corrected chi connectivity index (χ2v) is 7.22. The molecule has 7 heteroatoms. The van der Waals surface area contributed by atoms with Gasteiger partial charge in [-0.25, -0.2) is 4.79 Å². The van der Waals surface area contributed by atoms with Crippen LogP contribution in [0.1, 0.15) is 54.4 Å². The molecule has 0 rings (SSSR count). The fourth-order valence-corrected chi connectivity index (χ4v) is 2.16. The molecule has 0 aromatic carbocycles. The number of hydrogen-bond donors (Lipinski definition) is 4. The first kappa shape index (κ1) is 21.4. The molecule has 0 aliphatic rings. The van der Waals surface area contributed by atoms with Gasteiger partial charge in [0.15, 0.2) is 5.78 Å². The van der Waals surface area contributed by atoms with Crippen molar-refractivity contribution in [2.24, 2.45) is 11.7 Å². The Morgan fingerprint density at radius 1 is 1.13 bits per heavy atom. The van der Waals surface area contributed by atoms with Gasteiger partial charge >= 0.3 is 6.03 Å². The van der Waals surface area contributed by atoms with Gasteiger partial charge in [-0.3, -0.25) is 9.59 Å². The first-order valence-corrected chi connectivity index (χ1v) is 8.06. The van der Waals surface area contributed by atoms with Gasteiger partial charge in [0.1, 0.15) is 0 Å². The molecule has 2 unspecified atom stereocenters. The Labute approximate surface area is 139 Å². The summed E-state index contributed by atoms with van der Waals surface area (Å²) >= 11 is 0. The van der Waals surface area contributed by atoms with Crippen LogP contribution in [0.4, 0.5) is 4.79 Å². The van der Waals surface area contributed by atoms with Crippen LogP contribution in [0, 0.1) is 5.92 Å². The molecule has 0 bridgehead atoms. The van der Waals surface area contributed by atoms with Crippen LogP contribution in [-0.2, 0) is 9.59 Å². The predicted molar refractivity (Wildman–Crippen MR) is 90.9 cm³/mol. The van der Waals surface area contributed by atoms with E-state index in [1.54, 1.807) is 0 Å². The molecule has 0 fully saturated rings. The minimum atomic E-state index is -0.595. The highest BCUT2D eigenvalue weighted by molar-refractivity contribution is 5.89. The lowest BCUT2D eigenvalue weighted by Gasteiger charge is -2.31. The molecule has 3 amide bonds. The van der Waals surface area contributed by atoms with Gasteiger partial charge in [-0.1, -0.05) is 13.8 Å². The van der Waals surface area contributed by atoms with Gasteiger partial charge in [0.2, 0.25) is 5.91 Å². The molecule has 5 N–H and O–H groups in total. The van der Waals surface area contributed by atoms with Crippen molar-refractivity contribution in [3.8, 4) is 0 Å². The Bertz CT molecular complexity index is 416. The Morgan fingerprint density at radius 3 is 2.09 bits per heavy atom. The number of nitrogens with one attached hydrogen (secondary N) is 3. The first-order valence-electron chi connectivity index (χ1n) is 8.06. The molecule has 0 aliphatic heterocycles. The van der Waals surface area contributed by atoms with Gasteiger partial charge in [-0.2, -0.15) is 0 Å². The Morgan fingerprint density at radius 2 is 1.70 bits per heavy atom. The van der Waals surface area contributed by atoms with Crippen molar-refractivity contribution in [3.05, 3.63) is 0 Å². The quantitative estimate of drug-likeness (QED) is 0.471. The van der Waals surface area contributed by atoms with Crippen LogP contribution in [0.15, 0.2) is 0 Å². The van der Waals surface area contributed by atoms with Crippen molar-refractivity contribution < 1.29 is 14.4 Å². The van der Waals surface area contributed by atoms with Gasteiger partial charge < -0.3 is 21.7 Å². The van der Waals surface area contributed by atoms with Gasteiger partial charge in [0.25, 0.3) is 0 Å². The van der Waals surface area contributed by atoms with E-state index in [-0.39, 0.29) is 29.2 Å². The average molecular weight is 328 g/mol. The van der Waals surface area contributed by atoms with Gasteiger partial charge in [0.05, 0.1) is 12.1 Å². The molecule has 0 heterocycles. The molecule has 0 aromatic heterocycles. The van der Waals surface area contributed by atoms with E-state index in [9.17, 15) is 14.4 Å². The van der Waals surface area contributed by atoms with E-state index in [4.69, 9.17) is 5.73 Å². The summed E-state index contributed by atoms with van der Waals surface area (Å²) in [6.07, 6.45) is 1.02. The summed E-state index contributed by atoms with van der Waals surface area (Å²) in [4.78, 5) is 34.9. The van der Waals surface area contributed by atoms with Crippen LogP contribution in [0.25, 0.3) is 0 Å². The second-order valence-electron chi connectivity index (χ2n) is 7.22. The van der Waals surface area contributed by atoms with E-state index in [1.165, 1.54) is 6.92 Å². The Kier molecular flexibility index (Phi) is 8.82. The van der Waals surface area contributed by atoms with E-state index in [1.807, 2.05) is 34.6 Å². The van der Waals surface area contributed by atoms with E-state index < -0.39 is 12.1 Å². The Balaban J connectivity index is 4.68. The van der Waals surface area contributed by atoms with Crippen molar-refractivity contribution in [1.82, 2.24) is 16.0 Å². The summed E-state index contributed by atoms with van der Waals surface area (Å²) in [6, 6.07) is -1.52. The summed E-state index contributed by atoms with van der Waals surface area (Å²) in [7, 11) is 0. The van der Waals surface area contributed by atoms with Crippen LogP contribution in [0.3, 0.4) is 0 Å². The summed E-state index contributed by atoms with van der Waals surface area (Å²) < 4.78 is 0. The van der Waals surface area contributed by atoms with Crippen LogP contribution in [-0.4, -0.2) is 41.9 Å². The highest BCUT2D eigenvalue weighted by atomic mass is 16.2. The minimum absolute atomic E-state index is 0.0957. The standard InChI is InChI=1S/C16H32N4O3/c1-10(2)13(20-16(4,5)6)14(22)19-12(11(3)21)8-7-9-18-15(17)23/h10,12-13,20H,7-9H2,1-6H3,(H,19,22)(H3,17,18,23). The first-order chi connectivity index (χ1) is 10.4. The number of hydrogen-bond acceptors (Lipinski definition) is 4. The van der Waals surface area contributed by atoms with E-state index >= 15 is 0 Å².